The molecule has 1 aliphatic carbocycles. The van der Waals surface area contributed by atoms with E-state index in [4.69, 9.17) is 16.3 Å². The van der Waals surface area contributed by atoms with Gasteiger partial charge in [-0.2, -0.15) is 4.68 Å². The van der Waals surface area contributed by atoms with E-state index < -0.39 is 11.2 Å². The molecule has 1 aliphatic heterocycles. The molecule has 28 heavy (non-hydrogen) atoms. The topological polar surface area (TPSA) is 109 Å². The summed E-state index contributed by atoms with van der Waals surface area (Å²) in [6.45, 7) is 6.46. The largest absolute Gasteiger partial charge is 0.383 e. The third-order valence-electron chi connectivity index (χ3n) is 6.34. The number of ether oxygens (including phenoxy) is 1. The average Bonchev–Trinajstić information content (AvgIpc) is 3.42. The molecule has 2 aromatic rings. The van der Waals surface area contributed by atoms with Crippen LogP contribution in [-0.2, 0) is 4.74 Å². The second kappa shape index (κ2) is 6.93. The van der Waals surface area contributed by atoms with Gasteiger partial charge in [0.25, 0.3) is 5.56 Å². The molecule has 4 N–H and O–H groups in total. The van der Waals surface area contributed by atoms with Crippen molar-refractivity contribution in [3.05, 3.63) is 38.5 Å². The molecule has 0 unspecified atom stereocenters. The molecule has 1 saturated heterocycles. The van der Waals surface area contributed by atoms with Crippen LogP contribution in [0, 0.1) is 18.8 Å². The summed E-state index contributed by atoms with van der Waals surface area (Å²) in [5.41, 5.74) is 8.16. The zero-order valence-electron chi connectivity index (χ0n) is 16.7. The van der Waals surface area contributed by atoms with E-state index >= 15 is 0 Å². The summed E-state index contributed by atoms with van der Waals surface area (Å²) in [7, 11) is 1.67. The van der Waals surface area contributed by atoms with Crippen LogP contribution < -0.4 is 27.7 Å². The molecule has 0 amide bonds. The lowest BCUT2D eigenvalue weighted by molar-refractivity contribution is 0.152. The van der Waals surface area contributed by atoms with E-state index in [1.807, 2.05) is 13.0 Å². The van der Waals surface area contributed by atoms with Gasteiger partial charge in [0, 0.05) is 38.0 Å². The molecule has 1 saturated carbocycles. The Labute approximate surface area is 163 Å². The maximum absolute atomic E-state index is 12.7. The van der Waals surface area contributed by atoms with Crippen LogP contribution in [0.3, 0.4) is 0 Å². The van der Waals surface area contributed by atoms with Gasteiger partial charge in [-0.15, -0.1) is 0 Å². The maximum Gasteiger partial charge on any atom is 0.350 e. The number of rotatable bonds is 5. The quantitative estimate of drug-likeness (QED) is 0.726. The molecule has 2 aliphatic rings. The monoisotopic (exact) mass is 387 g/mol. The number of nitrogen functional groups attached to an aromatic ring is 1. The van der Waals surface area contributed by atoms with Gasteiger partial charge in [-0.3, -0.25) is 9.36 Å². The van der Waals surface area contributed by atoms with Crippen molar-refractivity contribution < 1.29 is 4.74 Å². The number of aromatic nitrogens is 2. The summed E-state index contributed by atoms with van der Waals surface area (Å²) >= 11 is 0. The fraction of sp³-hybridized carbons (Fsp3) is 0.600. The minimum absolute atomic E-state index is 0.0140. The zero-order valence-corrected chi connectivity index (χ0v) is 16.7. The summed E-state index contributed by atoms with van der Waals surface area (Å²) in [5.74, 6) is 6.52. The zero-order chi connectivity index (χ0) is 20.2. The summed E-state index contributed by atoms with van der Waals surface area (Å²) in [5, 5.41) is 0.495. The Morgan fingerprint density at radius 1 is 1.25 bits per heavy atom. The van der Waals surface area contributed by atoms with Crippen LogP contribution in [0.5, 0.6) is 0 Å². The average molecular weight is 387 g/mol. The number of nitrogens with zero attached hydrogens (tertiary/aromatic N) is 3. The van der Waals surface area contributed by atoms with Gasteiger partial charge in [0.2, 0.25) is 0 Å². The van der Waals surface area contributed by atoms with E-state index in [1.54, 1.807) is 17.7 Å². The maximum atomic E-state index is 12.7. The molecule has 1 aromatic heterocycles. The molecule has 8 heteroatoms. The van der Waals surface area contributed by atoms with Gasteiger partial charge in [-0.25, -0.2) is 4.79 Å². The number of benzene rings is 1. The lowest BCUT2D eigenvalue weighted by atomic mass is 9.91. The van der Waals surface area contributed by atoms with Gasteiger partial charge < -0.3 is 21.2 Å². The molecule has 3 atom stereocenters. The molecular formula is C20H29N5O3. The lowest BCUT2D eigenvalue weighted by Crippen LogP contribution is -2.44. The number of methoxy groups -OCH3 is 1. The molecule has 8 nitrogen and oxygen atoms in total. The molecule has 2 heterocycles. The highest BCUT2D eigenvalue weighted by molar-refractivity contribution is 5.87. The first-order valence-corrected chi connectivity index (χ1v) is 9.90. The number of hydrogen-bond donors (Lipinski definition) is 2. The molecular weight excluding hydrogens is 358 g/mol. The highest BCUT2D eigenvalue weighted by atomic mass is 16.5. The van der Waals surface area contributed by atoms with E-state index in [0.717, 1.165) is 41.9 Å². The van der Waals surface area contributed by atoms with Crippen molar-refractivity contribution in [2.24, 2.45) is 17.6 Å². The van der Waals surface area contributed by atoms with Crippen LogP contribution in [0.2, 0.25) is 0 Å². The lowest BCUT2D eigenvalue weighted by Gasteiger charge is -2.24. The van der Waals surface area contributed by atoms with Gasteiger partial charge in [0.1, 0.15) is 0 Å². The third kappa shape index (κ3) is 2.91. The molecule has 0 spiro atoms. The Kier molecular flexibility index (Phi) is 4.71. The molecule has 1 aromatic carbocycles. The van der Waals surface area contributed by atoms with Crippen LogP contribution in [0.15, 0.2) is 21.7 Å². The SMILES string of the molecule is COC[C@@H](N)[C@H]1CN(c2ccc3c(=O)n(N)c(=O)n(C4CC4)c3c2C)C[C@@H]1C. The van der Waals surface area contributed by atoms with Crippen LogP contribution in [0.1, 0.15) is 31.4 Å². The predicted molar refractivity (Wildman–Crippen MR) is 110 cm³/mol. The Hall–Kier alpha value is -2.32. The van der Waals surface area contributed by atoms with Crippen molar-refractivity contribution in [1.82, 2.24) is 9.24 Å². The first kappa shape index (κ1) is 19.0. The predicted octanol–water partition coefficient (Wildman–Crippen LogP) is 0.566. The molecule has 4 rings (SSSR count). The number of nitrogens with two attached hydrogens (primary N) is 2. The van der Waals surface area contributed by atoms with E-state index in [1.165, 1.54) is 0 Å². The first-order chi connectivity index (χ1) is 13.3. The van der Waals surface area contributed by atoms with Crippen molar-refractivity contribution in [2.45, 2.75) is 38.8 Å². The number of hydrogen-bond acceptors (Lipinski definition) is 6. The fourth-order valence-electron chi connectivity index (χ4n) is 4.68. The smallest absolute Gasteiger partial charge is 0.350 e. The van der Waals surface area contributed by atoms with Gasteiger partial charge in [-0.1, -0.05) is 6.92 Å². The molecule has 152 valence electrons. The van der Waals surface area contributed by atoms with Gasteiger partial charge in [0.05, 0.1) is 17.5 Å². The van der Waals surface area contributed by atoms with Crippen molar-refractivity contribution in [3.8, 4) is 0 Å². The van der Waals surface area contributed by atoms with Crippen LogP contribution in [0.4, 0.5) is 5.69 Å². The second-order valence-electron chi connectivity index (χ2n) is 8.33. The molecule has 0 radical (unpaired) electrons. The Morgan fingerprint density at radius 2 is 1.96 bits per heavy atom. The fourth-order valence-corrected chi connectivity index (χ4v) is 4.68. The van der Waals surface area contributed by atoms with Crippen molar-refractivity contribution >= 4 is 16.6 Å². The number of aryl methyl sites for hydroxylation is 1. The van der Waals surface area contributed by atoms with Crippen LogP contribution >= 0.6 is 0 Å². The van der Waals surface area contributed by atoms with Crippen molar-refractivity contribution in [1.29, 1.82) is 0 Å². The van der Waals surface area contributed by atoms with E-state index in [-0.39, 0.29) is 12.1 Å². The van der Waals surface area contributed by atoms with Crippen molar-refractivity contribution in [2.75, 3.05) is 37.5 Å². The van der Waals surface area contributed by atoms with Crippen LogP contribution in [0.25, 0.3) is 10.9 Å². The summed E-state index contributed by atoms with van der Waals surface area (Å²) in [4.78, 5) is 27.6. The normalized spacial score (nSPS) is 23.5. The summed E-state index contributed by atoms with van der Waals surface area (Å²) in [6.07, 6.45) is 1.87. The Morgan fingerprint density at radius 3 is 2.61 bits per heavy atom. The third-order valence-corrected chi connectivity index (χ3v) is 6.34. The van der Waals surface area contributed by atoms with E-state index in [0.29, 0.717) is 29.3 Å². The number of anilines is 1. The van der Waals surface area contributed by atoms with E-state index in [2.05, 4.69) is 11.8 Å². The van der Waals surface area contributed by atoms with E-state index in [9.17, 15) is 9.59 Å². The highest BCUT2D eigenvalue weighted by Gasteiger charge is 2.35. The highest BCUT2D eigenvalue weighted by Crippen LogP contribution is 2.38. The Balaban J connectivity index is 1.81. The minimum atomic E-state index is -0.443. The van der Waals surface area contributed by atoms with Gasteiger partial charge in [-0.05, 0) is 49.3 Å². The molecule has 0 bridgehead atoms. The van der Waals surface area contributed by atoms with Gasteiger partial charge in [0.15, 0.2) is 0 Å². The first-order valence-electron chi connectivity index (χ1n) is 9.90. The summed E-state index contributed by atoms with van der Waals surface area (Å²) < 4.78 is 7.69. The standard InChI is InChI=1S/C20H29N5O3/c1-11-8-23(9-15(11)16(21)10-28-3)17-7-6-14-18(12(17)2)24(13-4-5-13)20(27)25(22)19(14)26/h6-7,11,13,15-16H,4-5,8-10,21-22H2,1-3H3/t11-,15-,16+/m0/s1. The molecule has 2 fully saturated rings. The Bertz CT molecular complexity index is 1020. The van der Waals surface area contributed by atoms with Crippen LogP contribution in [-0.4, -0.2) is 42.1 Å². The van der Waals surface area contributed by atoms with Crippen molar-refractivity contribution in [3.63, 3.8) is 0 Å². The second-order valence-corrected chi connectivity index (χ2v) is 8.33. The van der Waals surface area contributed by atoms with Gasteiger partial charge >= 0.3 is 5.69 Å². The summed E-state index contributed by atoms with van der Waals surface area (Å²) in [6, 6.07) is 3.88. The number of fused-ring (bicyclic) bond motifs is 1. The minimum Gasteiger partial charge on any atom is -0.383 e.